The molecule has 1 aromatic carbocycles. The number of benzene rings is 1. The maximum Gasteiger partial charge on any atom is 0.222 e. The molecule has 1 unspecified atom stereocenters. The minimum atomic E-state index is -0.356. The van der Waals surface area contributed by atoms with E-state index < -0.39 is 0 Å². The topological polar surface area (TPSA) is 76.7 Å². The summed E-state index contributed by atoms with van der Waals surface area (Å²) in [6, 6.07) is 6.95. The summed E-state index contributed by atoms with van der Waals surface area (Å²) in [4.78, 5) is 23.3. The Hall–Kier alpha value is -2.08. The van der Waals surface area contributed by atoms with E-state index in [4.69, 9.17) is 9.47 Å². The minimum Gasteiger partial charge on any atom is -0.497 e. The highest BCUT2D eigenvalue weighted by Gasteiger charge is 2.17. The summed E-state index contributed by atoms with van der Waals surface area (Å²) >= 11 is 0. The van der Waals surface area contributed by atoms with Crippen LogP contribution in [-0.4, -0.2) is 39.2 Å². The lowest BCUT2D eigenvalue weighted by Crippen LogP contribution is -2.33. The van der Waals surface area contributed by atoms with Gasteiger partial charge in [0.25, 0.3) is 0 Å². The third-order valence-corrected chi connectivity index (χ3v) is 3.13. The smallest absolute Gasteiger partial charge is 0.222 e. The van der Waals surface area contributed by atoms with Crippen LogP contribution in [0.5, 0.6) is 5.75 Å². The molecular weight excluding hydrogens is 284 g/mol. The van der Waals surface area contributed by atoms with Gasteiger partial charge < -0.3 is 20.1 Å². The fourth-order valence-electron chi connectivity index (χ4n) is 2.04. The van der Waals surface area contributed by atoms with Crippen molar-refractivity contribution >= 4 is 11.8 Å². The molecule has 1 aromatic rings. The number of nitrogens with one attached hydrogen (secondary N) is 2. The average Bonchev–Trinajstić information content (AvgIpc) is 2.50. The van der Waals surface area contributed by atoms with Gasteiger partial charge in [-0.3, -0.25) is 9.59 Å². The third-order valence-electron chi connectivity index (χ3n) is 3.13. The Balaban J connectivity index is 2.63. The number of hydrogen-bond acceptors (Lipinski definition) is 4. The first-order valence-electron chi connectivity index (χ1n) is 7.23. The zero-order valence-electron chi connectivity index (χ0n) is 13.3. The molecule has 0 spiro atoms. The molecule has 6 nitrogen and oxygen atoms in total. The van der Waals surface area contributed by atoms with E-state index in [-0.39, 0.29) is 24.3 Å². The van der Waals surface area contributed by atoms with Crippen molar-refractivity contribution in [2.75, 3.05) is 27.4 Å². The van der Waals surface area contributed by atoms with E-state index >= 15 is 0 Å². The van der Waals surface area contributed by atoms with Crippen molar-refractivity contribution < 1.29 is 19.1 Å². The van der Waals surface area contributed by atoms with Crippen molar-refractivity contribution in [2.45, 2.75) is 25.8 Å². The van der Waals surface area contributed by atoms with E-state index in [1.54, 1.807) is 26.4 Å². The number of ether oxygens (including phenoxy) is 2. The SMILES string of the molecule is COCCCNC(=O)CC(NC(C)=O)c1ccc(OC)cc1. The second kappa shape index (κ2) is 9.78. The first-order valence-corrected chi connectivity index (χ1v) is 7.23. The van der Waals surface area contributed by atoms with Gasteiger partial charge in [-0.15, -0.1) is 0 Å². The van der Waals surface area contributed by atoms with Crippen LogP contribution in [0.15, 0.2) is 24.3 Å². The molecule has 0 fully saturated rings. The predicted molar refractivity (Wildman–Crippen MR) is 83.7 cm³/mol. The van der Waals surface area contributed by atoms with Gasteiger partial charge >= 0.3 is 0 Å². The summed E-state index contributed by atoms with van der Waals surface area (Å²) in [5, 5.41) is 5.62. The molecular formula is C16H24N2O4. The highest BCUT2D eigenvalue weighted by atomic mass is 16.5. The lowest BCUT2D eigenvalue weighted by Gasteiger charge is -2.18. The Morgan fingerprint density at radius 3 is 2.41 bits per heavy atom. The van der Waals surface area contributed by atoms with Gasteiger partial charge in [0.2, 0.25) is 11.8 Å². The van der Waals surface area contributed by atoms with Crippen molar-refractivity contribution in [3.05, 3.63) is 29.8 Å². The quantitative estimate of drug-likeness (QED) is 0.676. The Kier molecular flexibility index (Phi) is 7.99. The second-order valence-corrected chi connectivity index (χ2v) is 4.93. The monoisotopic (exact) mass is 308 g/mol. The van der Waals surface area contributed by atoms with Gasteiger partial charge in [0, 0.05) is 27.2 Å². The summed E-state index contributed by atoms with van der Waals surface area (Å²) in [7, 11) is 3.21. The Morgan fingerprint density at radius 2 is 1.86 bits per heavy atom. The van der Waals surface area contributed by atoms with Crippen molar-refractivity contribution in [2.24, 2.45) is 0 Å². The molecule has 6 heteroatoms. The minimum absolute atomic E-state index is 0.106. The highest BCUT2D eigenvalue weighted by Crippen LogP contribution is 2.20. The van der Waals surface area contributed by atoms with Gasteiger partial charge in [-0.25, -0.2) is 0 Å². The summed E-state index contributed by atoms with van der Waals surface area (Å²) in [5.41, 5.74) is 0.864. The summed E-state index contributed by atoms with van der Waals surface area (Å²) < 4.78 is 10.0. The van der Waals surface area contributed by atoms with Gasteiger partial charge in [-0.1, -0.05) is 12.1 Å². The Bertz CT molecular complexity index is 474. The van der Waals surface area contributed by atoms with Gasteiger partial charge in [0.15, 0.2) is 0 Å². The third kappa shape index (κ3) is 6.58. The Morgan fingerprint density at radius 1 is 1.18 bits per heavy atom. The molecule has 0 saturated carbocycles. The molecule has 0 radical (unpaired) electrons. The highest BCUT2D eigenvalue weighted by molar-refractivity contribution is 5.79. The molecule has 0 aliphatic heterocycles. The molecule has 0 heterocycles. The van der Waals surface area contributed by atoms with E-state index in [0.717, 1.165) is 17.7 Å². The predicted octanol–water partition coefficient (Wildman–Crippen LogP) is 1.42. The molecule has 0 aliphatic carbocycles. The van der Waals surface area contributed by atoms with Gasteiger partial charge in [-0.05, 0) is 24.1 Å². The number of hydrogen-bond donors (Lipinski definition) is 2. The number of carbonyl (C=O) groups excluding carboxylic acids is 2. The number of methoxy groups -OCH3 is 2. The van der Waals surface area contributed by atoms with Crippen LogP contribution in [0.2, 0.25) is 0 Å². The molecule has 1 atom stereocenters. The molecule has 2 N–H and O–H groups in total. The molecule has 0 saturated heterocycles. The zero-order valence-corrected chi connectivity index (χ0v) is 13.3. The van der Waals surface area contributed by atoms with Gasteiger partial charge in [0.05, 0.1) is 19.6 Å². The van der Waals surface area contributed by atoms with Crippen LogP contribution in [-0.2, 0) is 14.3 Å². The van der Waals surface area contributed by atoms with E-state index in [2.05, 4.69) is 10.6 Å². The van der Waals surface area contributed by atoms with Crippen molar-refractivity contribution in [1.29, 1.82) is 0 Å². The summed E-state index contributed by atoms with van der Waals surface area (Å²) in [6.07, 6.45) is 0.953. The van der Waals surface area contributed by atoms with Crippen LogP contribution in [0.3, 0.4) is 0 Å². The van der Waals surface area contributed by atoms with Crippen LogP contribution in [0.1, 0.15) is 31.4 Å². The van der Waals surface area contributed by atoms with Crippen molar-refractivity contribution in [3.63, 3.8) is 0 Å². The van der Waals surface area contributed by atoms with Crippen LogP contribution >= 0.6 is 0 Å². The van der Waals surface area contributed by atoms with Crippen LogP contribution in [0, 0.1) is 0 Å². The van der Waals surface area contributed by atoms with Crippen molar-refractivity contribution in [3.8, 4) is 5.75 Å². The molecule has 22 heavy (non-hydrogen) atoms. The number of amides is 2. The maximum atomic E-state index is 12.0. The average molecular weight is 308 g/mol. The van der Waals surface area contributed by atoms with E-state index in [9.17, 15) is 9.59 Å². The number of carbonyl (C=O) groups is 2. The van der Waals surface area contributed by atoms with Crippen molar-refractivity contribution in [1.82, 2.24) is 10.6 Å². The normalized spacial score (nSPS) is 11.6. The summed E-state index contributed by atoms with van der Waals surface area (Å²) in [6.45, 7) is 2.60. The fraction of sp³-hybridized carbons (Fsp3) is 0.500. The summed E-state index contributed by atoms with van der Waals surface area (Å²) in [5.74, 6) is 0.452. The lowest BCUT2D eigenvalue weighted by atomic mass is 10.0. The molecule has 0 bridgehead atoms. The van der Waals surface area contributed by atoms with E-state index in [1.165, 1.54) is 6.92 Å². The molecule has 1 rings (SSSR count). The van der Waals surface area contributed by atoms with Crippen LogP contribution < -0.4 is 15.4 Å². The van der Waals surface area contributed by atoms with Gasteiger partial charge in [-0.2, -0.15) is 0 Å². The first kappa shape index (κ1) is 18.0. The van der Waals surface area contributed by atoms with E-state index in [0.29, 0.717) is 13.2 Å². The standard InChI is InChI=1S/C16H24N2O4/c1-12(19)18-15(11-16(20)17-9-4-10-21-2)13-5-7-14(22-3)8-6-13/h5-8,15H,4,9-11H2,1-3H3,(H,17,20)(H,18,19). The molecule has 2 amide bonds. The first-order chi connectivity index (χ1) is 10.6. The second-order valence-electron chi connectivity index (χ2n) is 4.93. The number of rotatable bonds is 9. The maximum absolute atomic E-state index is 12.0. The molecule has 122 valence electrons. The fourth-order valence-corrected chi connectivity index (χ4v) is 2.04. The molecule has 0 aliphatic rings. The van der Waals surface area contributed by atoms with Crippen LogP contribution in [0.25, 0.3) is 0 Å². The molecule has 0 aromatic heterocycles. The van der Waals surface area contributed by atoms with E-state index in [1.807, 2.05) is 12.1 Å². The largest absolute Gasteiger partial charge is 0.497 e. The Labute approximate surface area is 131 Å². The lowest BCUT2D eigenvalue weighted by molar-refractivity contribution is -0.122. The zero-order chi connectivity index (χ0) is 16.4. The van der Waals surface area contributed by atoms with Crippen LogP contribution in [0.4, 0.5) is 0 Å². The van der Waals surface area contributed by atoms with Gasteiger partial charge in [0.1, 0.15) is 5.75 Å².